The van der Waals surface area contributed by atoms with Gasteiger partial charge in [-0.2, -0.15) is 22.0 Å². The minimum absolute atomic E-state index is 0.0868. The third-order valence-electron chi connectivity index (χ3n) is 3.95. The van der Waals surface area contributed by atoms with Gasteiger partial charge in [0.25, 0.3) is 0 Å². The van der Waals surface area contributed by atoms with Crippen LogP contribution in [0.3, 0.4) is 0 Å². The summed E-state index contributed by atoms with van der Waals surface area (Å²) in [5.41, 5.74) is -0.113. The lowest BCUT2D eigenvalue weighted by molar-refractivity contribution is -0.290. The zero-order valence-corrected chi connectivity index (χ0v) is 17.2. The second-order valence-corrected chi connectivity index (χ2v) is 8.94. The highest BCUT2D eigenvalue weighted by Crippen LogP contribution is 2.45. The van der Waals surface area contributed by atoms with Crippen molar-refractivity contribution in [3.8, 4) is 10.8 Å². The van der Waals surface area contributed by atoms with Crippen LogP contribution in [0.4, 0.5) is 32.8 Å². The Bertz CT molecular complexity index is 989. The van der Waals surface area contributed by atoms with E-state index >= 15 is 0 Å². The molecular weight excluding hydrogens is 431 g/mol. The van der Waals surface area contributed by atoms with Crippen LogP contribution in [0.15, 0.2) is 41.1 Å². The normalized spacial score (nSPS) is 12.8. The number of nitrogens with one attached hydrogen (secondary N) is 1. The summed E-state index contributed by atoms with van der Waals surface area (Å²) in [4.78, 5) is 3.41. The van der Waals surface area contributed by atoms with Crippen molar-refractivity contribution in [1.82, 2.24) is 4.98 Å². The number of halogens is 5. The number of para-hydroxylation sites is 1. The molecule has 0 aliphatic heterocycles. The molecule has 2 aromatic heterocycles. The van der Waals surface area contributed by atoms with Crippen LogP contribution in [-0.4, -0.2) is 11.2 Å². The molecule has 0 amide bonds. The first kappa shape index (κ1) is 21.5. The monoisotopic (exact) mass is 448 g/mol. The fourth-order valence-corrected chi connectivity index (χ4v) is 3.93. The molecule has 1 N–H and O–H groups in total. The van der Waals surface area contributed by atoms with Gasteiger partial charge in [0, 0.05) is 10.9 Å². The molecule has 156 valence electrons. The maximum Gasteiger partial charge on any atom is 0.459 e. The minimum atomic E-state index is -5.70. The van der Waals surface area contributed by atoms with E-state index in [-0.39, 0.29) is 10.5 Å². The van der Waals surface area contributed by atoms with E-state index in [9.17, 15) is 22.0 Å². The third-order valence-corrected chi connectivity index (χ3v) is 5.50. The van der Waals surface area contributed by atoms with Crippen LogP contribution in [0.5, 0.6) is 10.8 Å². The van der Waals surface area contributed by atoms with Crippen molar-refractivity contribution < 1.29 is 26.7 Å². The topological polar surface area (TPSA) is 34.1 Å². The Balaban J connectivity index is 1.83. The Morgan fingerprint density at radius 3 is 2.31 bits per heavy atom. The summed E-state index contributed by atoms with van der Waals surface area (Å²) in [5, 5.41) is 5.54. The summed E-state index contributed by atoms with van der Waals surface area (Å²) in [5.74, 6) is -4.38. The lowest BCUT2D eigenvalue weighted by Gasteiger charge is -2.22. The first-order chi connectivity index (χ1) is 13.4. The summed E-state index contributed by atoms with van der Waals surface area (Å²) in [7, 11) is 0. The zero-order chi connectivity index (χ0) is 21.4. The molecule has 29 heavy (non-hydrogen) atoms. The number of aromatic nitrogens is 1. The van der Waals surface area contributed by atoms with E-state index in [0.29, 0.717) is 33.2 Å². The number of ether oxygens (including phenoxy) is 1. The molecule has 1 aromatic carbocycles. The highest BCUT2D eigenvalue weighted by Gasteiger charge is 2.60. The van der Waals surface area contributed by atoms with Crippen molar-refractivity contribution in [2.45, 2.75) is 38.3 Å². The van der Waals surface area contributed by atoms with Gasteiger partial charge in [0.2, 0.25) is 5.06 Å². The first-order valence-corrected chi connectivity index (χ1v) is 10.2. The molecule has 0 aliphatic carbocycles. The Labute approximate surface area is 172 Å². The summed E-state index contributed by atoms with van der Waals surface area (Å²) in [6, 6.07) is 9.14. The van der Waals surface area contributed by atoms with Crippen LogP contribution < -0.4 is 10.1 Å². The van der Waals surface area contributed by atoms with Crippen LogP contribution in [0.25, 0.3) is 0 Å². The number of alkyl halides is 5. The van der Waals surface area contributed by atoms with Gasteiger partial charge < -0.3 is 10.1 Å². The predicted octanol–water partition coefficient (Wildman–Crippen LogP) is 7.69. The molecule has 3 aromatic rings. The van der Waals surface area contributed by atoms with Gasteiger partial charge in [-0.15, -0.1) is 22.7 Å². The first-order valence-electron chi connectivity index (χ1n) is 8.42. The molecular formula is C19H17F5N2OS2. The number of hydrogen-bond acceptors (Lipinski definition) is 5. The van der Waals surface area contributed by atoms with Crippen molar-refractivity contribution in [3.63, 3.8) is 0 Å². The molecule has 0 saturated heterocycles. The van der Waals surface area contributed by atoms with Gasteiger partial charge in [0.15, 0.2) is 5.13 Å². The van der Waals surface area contributed by atoms with Gasteiger partial charge in [-0.05, 0) is 22.9 Å². The molecule has 0 saturated carbocycles. The van der Waals surface area contributed by atoms with Crippen molar-refractivity contribution in [2.24, 2.45) is 0 Å². The van der Waals surface area contributed by atoms with Gasteiger partial charge in [-0.3, -0.25) is 0 Å². The minimum Gasteiger partial charge on any atom is -0.444 e. The van der Waals surface area contributed by atoms with Gasteiger partial charge in [0.1, 0.15) is 11.4 Å². The lowest BCUT2D eigenvalue weighted by Crippen LogP contribution is -2.33. The number of thiazole rings is 1. The number of rotatable bonds is 5. The average molecular weight is 448 g/mol. The maximum atomic E-state index is 13.4. The molecule has 0 spiro atoms. The number of benzene rings is 1. The zero-order valence-electron chi connectivity index (χ0n) is 15.6. The smallest absolute Gasteiger partial charge is 0.444 e. The average Bonchev–Trinajstić information content (AvgIpc) is 3.24. The number of thiophene rings is 1. The number of anilines is 2. The third kappa shape index (κ3) is 4.53. The van der Waals surface area contributed by atoms with E-state index in [1.807, 2.05) is 45.0 Å². The van der Waals surface area contributed by atoms with Crippen LogP contribution in [0.1, 0.15) is 32.0 Å². The number of hydrogen-bond donors (Lipinski definition) is 1. The van der Waals surface area contributed by atoms with Crippen LogP contribution in [0, 0.1) is 0 Å². The Hall–Kier alpha value is -2.20. The molecule has 10 heteroatoms. The quantitative estimate of drug-likeness (QED) is 0.406. The summed E-state index contributed by atoms with van der Waals surface area (Å²) in [6.45, 7) is 6.13. The van der Waals surface area contributed by atoms with Crippen molar-refractivity contribution >= 4 is 33.5 Å². The number of nitrogens with zero attached hydrogens (tertiary/aromatic N) is 1. The van der Waals surface area contributed by atoms with E-state index in [4.69, 9.17) is 4.74 Å². The molecule has 0 unspecified atom stereocenters. The van der Waals surface area contributed by atoms with Crippen LogP contribution >= 0.6 is 22.7 Å². The highest BCUT2D eigenvalue weighted by atomic mass is 32.1. The van der Waals surface area contributed by atoms with Gasteiger partial charge in [-0.1, -0.05) is 39.0 Å². The molecule has 0 atom stereocenters. The SMILES string of the molecule is CC(C)(C)c1ccccc1Oc1sccc1Nc1nc(C(F)(F)C(F)(F)F)cs1. The van der Waals surface area contributed by atoms with E-state index in [1.54, 1.807) is 11.4 Å². The molecule has 3 rings (SSSR count). The van der Waals surface area contributed by atoms with Crippen LogP contribution in [0.2, 0.25) is 0 Å². The second kappa shape index (κ2) is 7.56. The fraction of sp³-hybridized carbons (Fsp3) is 0.316. The Kier molecular flexibility index (Phi) is 5.61. The fourth-order valence-electron chi connectivity index (χ4n) is 2.48. The molecule has 0 fully saturated rings. The van der Waals surface area contributed by atoms with Crippen LogP contribution in [-0.2, 0) is 11.3 Å². The van der Waals surface area contributed by atoms with E-state index in [2.05, 4.69) is 10.3 Å². The highest BCUT2D eigenvalue weighted by molar-refractivity contribution is 7.14. The van der Waals surface area contributed by atoms with Crippen molar-refractivity contribution in [2.75, 3.05) is 5.32 Å². The molecule has 0 radical (unpaired) electrons. The Morgan fingerprint density at radius 2 is 1.66 bits per heavy atom. The maximum absolute atomic E-state index is 13.4. The summed E-state index contributed by atoms with van der Waals surface area (Å²) in [6.07, 6.45) is -5.70. The van der Waals surface area contributed by atoms with E-state index < -0.39 is 17.8 Å². The summed E-state index contributed by atoms with van der Waals surface area (Å²) >= 11 is 1.92. The largest absolute Gasteiger partial charge is 0.459 e. The van der Waals surface area contributed by atoms with Crippen molar-refractivity contribution in [1.29, 1.82) is 0 Å². The van der Waals surface area contributed by atoms with E-state index in [0.717, 1.165) is 5.56 Å². The molecule has 0 aliphatic rings. The Morgan fingerprint density at radius 1 is 0.966 bits per heavy atom. The van der Waals surface area contributed by atoms with Crippen molar-refractivity contribution in [3.05, 3.63) is 52.3 Å². The molecule has 3 nitrogen and oxygen atoms in total. The van der Waals surface area contributed by atoms with Gasteiger partial charge >= 0.3 is 12.1 Å². The van der Waals surface area contributed by atoms with Gasteiger partial charge in [-0.25, -0.2) is 4.98 Å². The molecule has 0 bridgehead atoms. The standard InChI is InChI=1S/C19H17F5N2OS2/c1-17(2,3)11-6-4-5-7-13(11)27-15-12(8-9-28-15)25-16-26-14(10-29-16)18(20,21)19(22,23)24/h4-10H,1-3H3,(H,25,26). The van der Waals surface area contributed by atoms with E-state index in [1.165, 1.54) is 11.3 Å². The predicted molar refractivity (Wildman–Crippen MR) is 105 cm³/mol. The molecule has 2 heterocycles. The summed E-state index contributed by atoms with van der Waals surface area (Å²) < 4.78 is 70.5. The lowest BCUT2D eigenvalue weighted by atomic mass is 9.86. The van der Waals surface area contributed by atoms with Gasteiger partial charge in [0.05, 0.1) is 5.69 Å². The second-order valence-electron chi connectivity index (χ2n) is 7.21.